The first-order chi connectivity index (χ1) is 8.49. The molecule has 0 amide bonds. The molecule has 0 saturated carbocycles. The molecule has 4 nitrogen and oxygen atoms in total. The fraction of sp³-hybridized carbons (Fsp3) is 0.357. The topological polar surface area (TPSA) is 38.8 Å². The summed E-state index contributed by atoms with van der Waals surface area (Å²) in [6, 6.07) is 3.51. The molecule has 0 saturated heterocycles. The van der Waals surface area contributed by atoms with Gasteiger partial charge in [0.15, 0.2) is 5.78 Å². The van der Waals surface area contributed by atoms with Crippen LogP contribution in [-0.4, -0.2) is 39.0 Å². The van der Waals surface area contributed by atoms with Crippen molar-refractivity contribution in [3.8, 4) is 11.5 Å². The molecule has 0 fully saturated rings. The van der Waals surface area contributed by atoms with Gasteiger partial charge in [-0.3, -0.25) is 4.79 Å². The Labute approximate surface area is 108 Å². The molecule has 0 N–H and O–H groups in total. The van der Waals surface area contributed by atoms with Gasteiger partial charge in [-0.15, -0.1) is 0 Å². The first kappa shape index (κ1) is 14.1. The predicted molar refractivity (Wildman–Crippen MR) is 71.4 cm³/mol. The summed E-state index contributed by atoms with van der Waals surface area (Å²) in [5, 5.41) is 0. The normalized spacial score (nSPS) is 10.5. The summed E-state index contributed by atoms with van der Waals surface area (Å²) in [7, 11) is 6.85. The molecular weight excluding hydrogens is 230 g/mol. The van der Waals surface area contributed by atoms with E-state index in [-0.39, 0.29) is 5.78 Å². The van der Waals surface area contributed by atoms with Gasteiger partial charge >= 0.3 is 0 Å². The number of hydrogen-bond donors (Lipinski definition) is 0. The smallest absolute Gasteiger partial charge is 0.191 e. The lowest BCUT2D eigenvalue weighted by atomic mass is 10.1. The molecule has 0 radical (unpaired) electrons. The lowest BCUT2D eigenvalue weighted by Gasteiger charge is -2.11. The number of nitrogens with zero attached hydrogens (tertiary/aromatic N) is 1. The Morgan fingerprint density at radius 1 is 1.17 bits per heavy atom. The summed E-state index contributed by atoms with van der Waals surface area (Å²) in [5.74, 6) is 1.14. The number of carbonyl (C=O) groups excluding carboxylic acids is 1. The van der Waals surface area contributed by atoms with Gasteiger partial charge in [-0.2, -0.15) is 0 Å². The predicted octanol–water partition coefficient (Wildman–Crippen LogP) is 2.27. The van der Waals surface area contributed by atoms with E-state index >= 15 is 0 Å². The first-order valence-electron chi connectivity index (χ1n) is 5.61. The highest BCUT2D eigenvalue weighted by molar-refractivity contribution is 6.06. The van der Waals surface area contributed by atoms with Crippen LogP contribution in [0.5, 0.6) is 11.5 Å². The number of ketones is 1. The Kier molecular flexibility index (Phi) is 4.77. The van der Waals surface area contributed by atoms with Crippen molar-refractivity contribution in [3.05, 3.63) is 35.5 Å². The summed E-state index contributed by atoms with van der Waals surface area (Å²) in [5.41, 5.74) is 1.44. The van der Waals surface area contributed by atoms with Crippen LogP contribution in [0.2, 0.25) is 0 Å². The van der Waals surface area contributed by atoms with Gasteiger partial charge in [0.1, 0.15) is 11.5 Å². The summed E-state index contributed by atoms with van der Waals surface area (Å²) >= 11 is 0. The number of ether oxygens (including phenoxy) is 2. The first-order valence-corrected chi connectivity index (χ1v) is 5.61. The maximum absolute atomic E-state index is 12.0. The van der Waals surface area contributed by atoms with E-state index in [2.05, 4.69) is 0 Å². The van der Waals surface area contributed by atoms with E-state index in [0.717, 1.165) is 5.56 Å². The zero-order valence-corrected chi connectivity index (χ0v) is 11.5. The summed E-state index contributed by atoms with van der Waals surface area (Å²) in [6.45, 7) is 1.89. The molecule has 1 rings (SSSR count). The number of aryl methyl sites for hydroxylation is 1. The average molecular weight is 249 g/mol. The third kappa shape index (κ3) is 3.26. The minimum Gasteiger partial charge on any atom is -0.496 e. The molecule has 0 aromatic heterocycles. The number of benzene rings is 1. The Balaban J connectivity index is 3.15. The lowest BCUT2D eigenvalue weighted by molar-refractivity contribution is 0.104. The molecule has 0 aliphatic heterocycles. The zero-order valence-electron chi connectivity index (χ0n) is 11.5. The van der Waals surface area contributed by atoms with Gasteiger partial charge in [0.2, 0.25) is 0 Å². The molecule has 18 heavy (non-hydrogen) atoms. The monoisotopic (exact) mass is 249 g/mol. The molecule has 1 aromatic rings. The van der Waals surface area contributed by atoms with Crippen molar-refractivity contribution in [1.29, 1.82) is 0 Å². The fourth-order valence-corrected chi connectivity index (χ4v) is 1.56. The molecule has 98 valence electrons. The van der Waals surface area contributed by atoms with Gasteiger partial charge in [0, 0.05) is 32.4 Å². The van der Waals surface area contributed by atoms with Crippen molar-refractivity contribution in [3.63, 3.8) is 0 Å². The van der Waals surface area contributed by atoms with Gasteiger partial charge in [0.25, 0.3) is 0 Å². The highest BCUT2D eigenvalue weighted by atomic mass is 16.5. The van der Waals surface area contributed by atoms with Crippen molar-refractivity contribution in [2.45, 2.75) is 6.92 Å². The molecule has 4 heteroatoms. The van der Waals surface area contributed by atoms with E-state index in [1.807, 2.05) is 21.0 Å². The molecule has 1 aromatic carbocycles. The average Bonchev–Trinajstić information content (AvgIpc) is 2.35. The summed E-state index contributed by atoms with van der Waals surface area (Å²) in [6.07, 6.45) is 3.23. The van der Waals surface area contributed by atoms with Crippen molar-refractivity contribution < 1.29 is 14.3 Å². The zero-order chi connectivity index (χ0) is 13.7. The summed E-state index contributed by atoms with van der Waals surface area (Å²) in [4.78, 5) is 13.9. The Morgan fingerprint density at radius 2 is 1.78 bits per heavy atom. The molecule has 0 unspecified atom stereocenters. The number of hydrogen-bond acceptors (Lipinski definition) is 4. The maximum Gasteiger partial charge on any atom is 0.191 e. The largest absolute Gasteiger partial charge is 0.496 e. The van der Waals surface area contributed by atoms with E-state index in [0.29, 0.717) is 17.1 Å². The van der Waals surface area contributed by atoms with Gasteiger partial charge in [-0.25, -0.2) is 0 Å². The van der Waals surface area contributed by atoms with E-state index in [1.54, 1.807) is 30.3 Å². The molecule has 0 aliphatic rings. The second-order valence-electron chi connectivity index (χ2n) is 4.17. The van der Waals surface area contributed by atoms with Crippen molar-refractivity contribution >= 4 is 5.78 Å². The van der Waals surface area contributed by atoms with E-state index in [4.69, 9.17) is 9.47 Å². The standard InChI is InChI=1S/C14H19NO3/c1-10-8-11(12(16)6-7-15(2)3)14(18-5)9-13(10)17-4/h6-9H,1-5H3/b7-6+. The van der Waals surface area contributed by atoms with Gasteiger partial charge in [-0.1, -0.05) is 0 Å². The molecule has 0 atom stereocenters. The van der Waals surface area contributed by atoms with Gasteiger partial charge in [0.05, 0.1) is 19.8 Å². The van der Waals surface area contributed by atoms with Crippen molar-refractivity contribution in [2.75, 3.05) is 28.3 Å². The Hall–Kier alpha value is -1.97. The SMILES string of the molecule is COc1cc(OC)c(C(=O)/C=C/N(C)C)cc1C. The van der Waals surface area contributed by atoms with Crippen LogP contribution in [0.1, 0.15) is 15.9 Å². The highest BCUT2D eigenvalue weighted by Gasteiger charge is 2.13. The van der Waals surface area contributed by atoms with Crippen LogP contribution >= 0.6 is 0 Å². The van der Waals surface area contributed by atoms with Gasteiger partial charge in [-0.05, 0) is 18.6 Å². The van der Waals surface area contributed by atoms with Crippen LogP contribution < -0.4 is 9.47 Å². The van der Waals surface area contributed by atoms with Crippen LogP contribution in [0, 0.1) is 6.92 Å². The maximum atomic E-state index is 12.0. The van der Waals surface area contributed by atoms with Crippen LogP contribution in [0.15, 0.2) is 24.4 Å². The molecule has 0 heterocycles. The highest BCUT2D eigenvalue weighted by Crippen LogP contribution is 2.29. The van der Waals surface area contributed by atoms with Crippen molar-refractivity contribution in [1.82, 2.24) is 4.90 Å². The van der Waals surface area contributed by atoms with Crippen LogP contribution in [-0.2, 0) is 0 Å². The second-order valence-corrected chi connectivity index (χ2v) is 4.17. The third-order valence-corrected chi connectivity index (χ3v) is 2.51. The van der Waals surface area contributed by atoms with Gasteiger partial charge < -0.3 is 14.4 Å². The quantitative estimate of drug-likeness (QED) is 0.593. The van der Waals surface area contributed by atoms with Crippen molar-refractivity contribution in [2.24, 2.45) is 0 Å². The lowest BCUT2D eigenvalue weighted by Crippen LogP contribution is -2.05. The third-order valence-electron chi connectivity index (χ3n) is 2.51. The number of methoxy groups -OCH3 is 2. The molecule has 0 bridgehead atoms. The summed E-state index contributed by atoms with van der Waals surface area (Å²) < 4.78 is 10.4. The minimum absolute atomic E-state index is 0.0914. The van der Waals surface area contributed by atoms with Crippen LogP contribution in [0.3, 0.4) is 0 Å². The van der Waals surface area contributed by atoms with Crippen LogP contribution in [0.4, 0.5) is 0 Å². The fourth-order valence-electron chi connectivity index (χ4n) is 1.56. The second kappa shape index (κ2) is 6.10. The number of allylic oxidation sites excluding steroid dienone is 1. The van der Waals surface area contributed by atoms with E-state index in [1.165, 1.54) is 13.2 Å². The molecule has 0 spiro atoms. The number of rotatable bonds is 5. The molecular formula is C14H19NO3. The minimum atomic E-state index is -0.0914. The Bertz CT molecular complexity index is 464. The molecule has 0 aliphatic carbocycles. The van der Waals surface area contributed by atoms with Crippen LogP contribution in [0.25, 0.3) is 0 Å². The number of carbonyl (C=O) groups is 1. The Morgan fingerprint density at radius 3 is 2.28 bits per heavy atom. The van der Waals surface area contributed by atoms with E-state index < -0.39 is 0 Å². The van der Waals surface area contributed by atoms with E-state index in [9.17, 15) is 4.79 Å².